The van der Waals surface area contributed by atoms with Gasteiger partial charge in [-0.2, -0.15) is 0 Å². The Morgan fingerprint density at radius 3 is 2.68 bits per heavy atom. The number of hydrogen-bond acceptors (Lipinski definition) is 2. The Morgan fingerprint density at radius 1 is 1.26 bits per heavy atom. The average Bonchev–Trinajstić information content (AvgIpc) is 2.93. The van der Waals surface area contributed by atoms with Crippen LogP contribution in [0.4, 0.5) is 0 Å². The third-order valence-corrected chi connectivity index (χ3v) is 3.90. The third kappa shape index (κ3) is 4.96. The van der Waals surface area contributed by atoms with E-state index in [0.29, 0.717) is 18.1 Å². The lowest BCUT2D eigenvalue weighted by Gasteiger charge is -2.21. The Balaban J connectivity index is 1.89. The molecule has 2 unspecified atom stereocenters. The zero-order valence-electron chi connectivity index (χ0n) is 12.3. The summed E-state index contributed by atoms with van der Waals surface area (Å²) in [6.45, 7) is 6.45. The van der Waals surface area contributed by atoms with Crippen molar-refractivity contribution in [3.05, 3.63) is 35.9 Å². The Kier molecular flexibility index (Phi) is 5.87. The molecule has 0 aromatic heterocycles. The van der Waals surface area contributed by atoms with Crippen molar-refractivity contribution < 1.29 is 4.74 Å². The van der Waals surface area contributed by atoms with Gasteiger partial charge in [-0.15, -0.1) is 0 Å². The van der Waals surface area contributed by atoms with Gasteiger partial charge >= 0.3 is 0 Å². The Bertz CT molecular complexity index is 344. The molecule has 0 aliphatic carbocycles. The summed E-state index contributed by atoms with van der Waals surface area (Å²) in [6.07, 6.45) is 5.41. The first-order chi connectivity index (χ1) is 9.25. The Labute approximate surface area is 117 Å². The van der Waals surface area contributed by atoms with Crippen molar-refractivity contribution in [3.63, 3.8) is 0 Å². The second-order valence-corrected chi connectivity index (χ2v) is 5.88. The molecule has 1 aliphatic heterocycles. The second-order valence-electron chi connectivity index (χ2n) is 5.88. The number of benzene rings is 1. The molecule has 1 saturated heterocycles. The van der Waals surface area contributed by atoms with E-state index in [1.807, 2.05) is 0 Å². The van der Waals surface area contributed by atoms with Gasteiger partial charge in [0.2, 0.25) is 0 Å². The van der Waals surface area contributed by atoms with E-state index in [9.17, 15) is 0 Å². The van der Waals surface area contributed by atoms with Crippen molar-refractivity contribution >= 4 is 0 Å². The zero-order chi connectivity index (χ0) is 13.5. The van der Waals surface area contributed by atoms with Crippen LogP contribution < -0.4 is 5.32 Å². The van der Waals surface area contributed by atoms with Gasteiger partial charge < -0.3 is 10.1 Å². The van der Waals surface area contributed by atoms with Crippen molar-refractivity contribution in [1.82, 2.24) is 5.32 Å². The Morgan fingerprint density at radius 2 is 2.05 bits per heavy atom. The molecule has 2 heteroatoms. The summed E-state index contributed by atoms with van der Waals surface area (Å²) in [7, 11) is 0. The van der Waals surface area contributed by atoms with E-state index in [2.05, 4.69) is 49.5 Å². The maximum Gasteiger partial charge on any atom is 0.0576 e. The lowest BCUT2D eigenvalue weighted by molar-refractivity contribution is 0.100. The third-order valence-electron chi connectivity index (χ3n) is 3.90. The SMILES string of the molecule is CC(C)NCC(CCC1CCCO1)c1ccccc1. The molecule has 0 radical (unpaired) electrons. The van der Waals surface area contributed by atoms with Crippen LogP contribution in [-0.2, 0) is 4.74 Å². The topological polar surface area (TPSA) is 21.3 Å². The normalized spacial score (nSPS) is 20.9. The van der Waals surface area contributed by atoms with Crippen LogP contribution in [0.15, 0.2) is 30.3 Å². The summed E-state index contributed by atoms with van der Waals surface area (Å²) in [5, 5.41) is 3.58. The molecule has 2 atom stereocenters. The summed E-state index contributed by atoms with van der Waals surface area (Å²) < 4.78 is 5.74. The van der Waals surface area contributed by atoms with Crippen LogP contribution in [0.5, 0.6) is 0 Å². The van der Waals surface area contributed by atoms with Crippen LogP contribution in [-0.4, -0.2) is 25.3 Å². The fourth-order valence-corrected chi connectivity index (χ4v) is 2.75. The molecule has 1 aliphatic rings. The smallest absolute Gasteiger partial charge is 0.0576 e. The lowest BCUT2D eigenvalue weighted by Crippen LogP contribution is -2.28. The average molecular weight is 261 g/mol. The Hall–Kier alpha value is -0.860. The first-order valence-electron chi connectivity index (χ1n) is 7.65. The highest BCUT2D eigenvalue weighted by molar-refractivity contribution is 5.19. The molecule has 0 amide bonds. The van der Waals surface area contributed by atoms with E-state index >= 15 is 0 Å². The number of rotatable bonds is 7. The van der Waals surface area contributed by atoms with Crippen LogP contribution in [0.1, 0.15) is 51.0 Å². The van der Waals surface area contributed by atoms with Crippen molar-refractivity contribution in [2.24, 2.45) is 0 Å². The van der Waals surface area contributed by atoms with Crippen molar-refractivity contribution in [1.29, 1.82) is 0 Å². The molecule has 106 valence electrons. The van der Waals surface area contributed by atoms with E-state index in [-0.39, 0.29) is 0 Å². The minimum Gasteiger partial charge on any atom is -0.378 e. The minimum atomic E-state index is 0.505. The molecular formula is C17H27NO. The van der Waals surface area contributed by atoms with Gasteiger partial charge in [-0.1, -0.05) is 44.2 Å². The van der Waals surface area contributed by atoms with Gasteiger partial charge in [0.05, 0.1) is 6.10 Å². The van der Waals surface area contributed by atoms with Gasteiger partial charge in [-0.25, -0.2) is 0 Å². The van der Waals surface area contributed by atoms with Crippen molar-refractivity contribution in [3.8, 4) is 0 Å². The highest BCUT2D eigenvalue weighted by Crippen LogP contribution is 2.25. The fourth-order valence-electron chi connectivity index (χ4n) is 2.75. The summed E-state index contributed by atoms with van der Waals surface area (Å²) in [5.74, 6) is 0.604. The van der Waals surface area contributed by atoms with Crippen LogP contribution in [0.3, 0.4) is 0 Å². The van der Waals surface area contributed by atoms with E-state index in [1.165, 1.54) is 31.2 Å². The molecule has 1 fully saturated rings. The predicted octanol–water partition coefficient (Wildman–Crippen LogP) is 3.73. The van der Waals surface area contributed by atoms with Crippen LogP contribution >= 0.6 is 0 Å². The molecule has 1 aromatic rings. The summed E-state index contributed by atoms with van der Waals surface area (Å²) in [6, 6.07) is 11.4. The van der Waals surface area contributed by atoms with Gasteiger partial charge in [0.15, 0.2) is 0 Å². The number of hydrogen-bond donors (Lipinski definition) is 1. The number of ether oxygens (including phenoxy) is 1. The fraction of sp³-hybridized carbons (Fsp3) is 0.647. The maximum absolute atomic E-state index is 5.74. The monoisotopic (exact) mass is 261 g/mol. The molecule has 0 spiro atoms. The van der Waals surface area contributed by atoms with Gasteiger partial charge in [-0.05, 0) is 37.2 Å². The summed E-state index contributed by atoms with van der Waals surface area (Å²) in [4.78, 5) is 0. The van der Waals surface area contributed by atoms with Gasteiger partial charge in [-0.3, -0.25) is 0 Å². The molecule has 19 heavy (non-hydrogen) atoms. The largest absolute Gasteiger partial charge is 0.378 e. The van der Waals surface area contributed by atoms with Gasteiger partial charge in [0.1, 0.15) is 0 Å². The van der Waals surface area contributed by atoms with Gasteiger partial charge in [0, 0.05) is 19.2 Å². The van der Waals surface area contributed by atoms with Gasteiger partial charge in [0.25, 0.3) is 0 Å². The molecule has 1 N–H and O–H groups in total. The highest BCUT2D eigenvalue weighted by atomic mass is 16.5. The first kappa shape index (κ1) is 14.5. The summed E-state index contributed by atoms with van der Waals surface area (Å²) >= 11 is 0. The van der Waals surface area contributed by atoms with E-state index in [4.69, 9.17) is 4.74 Å². The summed E-state index contributed by atoms with van der Waals surface area (Å²) in [5.41, 5.74) is 1.45. The molecule has 2 nitrogen and oxygen atoms in total. The quantitative estimate of drug-likeness (QED) is 0.807. The number of nitrogens with one attached hydrogen (secondary N) is 1. The predicted molar refractivity (Wildman–Crippen MR) is 80.5 cm³/mol. The lowest BCUT2D eigenvalue weighted by atomic mass is 9.92. The van der Waals surface area contributed by atoms with Crippen LogP contribution in [0.25, 0.3) is 0 Å². The molecular weight excluding hydrogens is 234 g/mol. The highest BCUT2D eigenvalue weighted by Gasteiger charge is 2.19. The maximum atomic E-state index is 5.74. The van der Waals surface area contributed by atoms with Crippen molar-refractivity contribution in [2.75, 3.05) is 13.2 Å². The molecule has 1 aromatic carbocycles. The van der Waals surface area contributed by atoms with E-state index in [0.717, 1.165) is 13.2 Å². The van der Waals surface area contributed by atoms with Crippen LogP contribution in [0, 0.1) is 0 Å². The standard InChI is InChI=1S/C17H27NO/c1-14(2)18-13-16(15-7-4-3-5-8-15)10-11-17-9-6-12-19-17/h3-5,7-8,14,16-18H,6,9-13H2,1-2H3. The van der Waals surface area contributed by atoms with E-state index in [1.54, 1.807) is 0 Å². The second kappa shape index (κ2) is 7.66. The van der Waals surface area contributed by atoms with E-state index < -0.39 is 0 Å². The first-order valence-corrected chi connectivity index (χ1v) is 7.65. The molecule has 1 heterocycles. The van der Waals surface area contributed by atoms with Crippen LogP contribution in [0.2, 0.25) is 0 Å². The molecule has 0 bridgehead atoms. The minimum absolute atomic E-state index is 0.505. The molecule has 0 saturated carbocycles. The zero-order valence-corrected chi connectivity index (χ0v) is 12.3. The van der Waals surface area contributed by atoms with Crippen molar-refractivity contribution in [2.45, 2.75) is 57.6 Å². The molecule has 2 rings (SSSR count).